The molecule has 1 heterocycles. The minimum absolute atomic E-state index is 0.0132. The molecule has 0 radical (unpaired) electrons. The fourth-order valence-electron chi connectivity index (χ4n) is 4.07. The van der Waals surface area contributed by atoms with Crippen LogP contribution >= 0.6 is 0 Å². The van der Waals surface area contributed by atoms with Crippen molar-refractivity contribution in [3.05, 3.63) is 23.5 Å². The summed E-state index contributed by atoms with van der Waals surface area (Å²) in [5, 5.41) is 9.95. The number of ether oxygens (including phenoxy) is 1. The summed E-state index contributed by atoms with van der Waals surface area (Å²) in [6, 6.07) is 0. The van der Waals surface area contributed by atoms with Crippen LogP contribution in [0.5, 0.6) is 0 Å². The van der Waals surface area contributed by atoms with Gasteiger partial charge in [0.2, 0.25) is 0 Å². The summed E-state index contributed by atoms with van der Waals surface area (Å²) in [5.41, 5.74) is 1.89. The van der Waals surface area contributed by atoms with Crippen molar-refractivity contribution in [1.29, 1.82) is 0 Å². The molecule has 0 amide bonds. The molecule has 4 atom stereocenters. The summed E-state index contributed by atoms with van der Waals surface area (Å²) >= 11 is 0. The zero-order valence-electron chi connectivity index (χ0n) is 11.0. The quantitative estimate of drug-likeness (QED) is 0.529. The van der Waals surface area contributed by atoms with Gasteiger partial charge < -0.3 is 9.84 Å². The van der Waals surface area contributed by atoms with Gasteiger partial charge >= 0.3 is 5.97 Å². The van der Waals surface area contributed by atoms with Crippen LogP contribution < -0.4 is 0 Å². The highest BCUT2D eigenvalue weighted by molar-refractivity contribution is 5.90. The first-order chi connectivity index (χ1) is 8.42. The number of fused-ring (bicyclic) bond motifs is 2. The molecule has 0 aromatic carbocycles. The van der Waals surface area contributed by atoms with Crippen molar-refractivity contribution >= 4 is 5.97 Å². The molecule has 0 spiro atoms. The first-order valence-electron chi connectivity index (χ1n) is 6.71. The normalized spacial score (nSPS) is 43.6. The van der Waals surface area contributed by atoms with Crippen LogP contribution in [0.15, 0.2) is 23.5 Å². The minimum Gasteiger partial charge on any atom is -0.512 e. The van der Waals surface area contributed by atoms with Crippen LogP contribution in [-0.4, -0.2) is 17.2 Å². The number of allylic oxidation sites excluding steroid dienone is 2. The molecule has 18 heavy (non-hydrogen) atoms. The molecular weight excluding hydrogens is 228 g/mol. The Balaban J connectivity index is 1.95. The lowest BCUT2D eigenvalue weighted by Gasteiger charge is -2.48. The fourth-order valence-corrected chi connectivity index (χ4v) is 4.07. The van der Waals surface area contributed by atoms with Gasteiger partial charge in [0.1, 0.15) is 6.10 Å². The monoisotopic (exact) mass is 248 g/mol. The number of hydrogen-bond acceptors (Lipinski definition) is 3. The lowest BCUT2D eigenvalue weighted by Crippen LogP contribution is -2.43. The average Bonchev–Trinajstić information content (AvgIpc) is 2.58. The van der Waals surface area contributed by atoms with Gasteiger partial charge in [0.05, 0.1) is 5.76 Å². The van der Waals surface area contributed by atoms with Gasteiger partial charge in [-0.3, -0.25) is 0 Å². The molecule has 3 heteroatoms. The van der Waals surface area contributed by atoms with Gasteiger partial charge in [-0.25, -0.2) is 4.79 Å². The maximum Gasteiger partial charge on any atom is 0.334 e. The lowest BCUT2D eigenvalue weighted by molar-refractivity contribution is -0.142. The van der Waals surface area contributed by atoms with Crippen molar-refractivity contribution in [3.8, 4) is 0 Å². The van der Waals surface area contributed by atoms with Crippen molar-refractivity contribution in [2.75, 3.05) is 0 Å². The maximum atomic E-state index is 11.6. The van der Waals surface area contributed by atoms with Gasteiger partial charge in [-0.15, -0.1) is 0 Å². The van der Waals surface area contributed by atoms with Crippen LogP contribution in [0, 0.1) is 17.3 Å². The first kappa shape index (κ1) is 11.8. The molecule has 0 aromatic heterocycles. The van der Waals surface area contributed by atoms with E-state index in [4.69, 9.17) is 4.74 Å². The van der Waals surface area contributed by atoms with E-state index in [1.165, 1.54) is 0 Å². The number of carbonyl (C=O) groups excluding carboxylic acids is 1. The SMILES string of the molecule is C=C1C(=O)O[C@@H]2C[C@@]3(C)CCC(O)=C(C)[C@@H]3C[C@H]12. The Kier molecular flexibility index (Phi) is 2.38. The first-order valence-corrected chi connectivity index (χ1v) is 6.71. The number of esters is 1. The second-order valence-electron chi connectivity index (χ2n) is 6.35. The molecule has 3 aliphatic rings. The molecule has 0 aromatic rings. The highest BCUT2D eigenvalue weighted by Gasteiger charge is 2.52. The van der Waals surface area contributed by atoms with E-state index in [2.05, 4.69) is 13.5 Å². The number of aliphatic hydroxyl groups excluding tert-OH is 1. The Labute approximate surface area is 108 Å². The van der Waals surface area contributed by atoms with E-state index in [9.17, 15) is 9.90 Å². The van der Waals surface area contributed by atoms with Gasteiger partial charge in [0.15, 0.2) is 0 Å². The Morgan fingerprint density at radius 2 is 2.22 bits per heavy atom. The summed E-state index contributed by atoms with van der Waals surface area (Å²) in [4.78, 5) is 11.6. The van der Waals surface area contributed by atoms with Crippen molar-refractivity contribution < 1.29 is 14.6 Å². The van der Waals surface area contributed by atoms with Gasteiger partial charge in [-0.1, -0.05) is 13.5 Å². The smallest absolute Gasteiger partial charge is 0.334 e. The van der Waals surface area contributed by atoms with E-state index in [0.29, 0.717) is 17.3 Å². The standard InChI is InChI=1S/C15H20O3/c1-8-10-6-11-9(2)12(16)4-5-15(11,3)7-13(10)18-14(8)17/h10-11,13,16H,1,4-7H2,2-3H3/t10-,11+,13-,15-/m1/s1. The van der Waals surface area contributed by atoms with Crippen LogP contribution in [0.4, 0.5) is 0 Å². The van der Waals surface area contributed by atoms with Crippen LogP contribution in [-0.2, 0) is 9.53 Å². The molecular formula is C15H20O3. The zero-order valence-corrected chi connectivity index (χ0v) is 11.0. The fraction of sp³-hybridized carbons (Fsp3) is 0.667. The van der Waals surface area contributed by atoms with Crippen molar-refractivity contribution in [1.82, 2.24) is 0 Å². The largest absolute Gasteiger partial charge is 0.512 e. The summed E-state index contributed by atoms with van der Waals surface area (Å²) in [6.45, 7) is 8.16. The van der Waals surface area contributed by atoms with Crippen LogP contribution in [0.1, 0.15) is 39.5 Å². The van der Waals surface area contributed by atoms with Crippen LogP contribution in [0.3, 0.4) is 0 Å². The Bertz CT molecular complexity index is 462. The molecule has 3 rings (SSSR count). The predicted molar refractivity (Wildman–Crippen MR) is 67.9 cm³/mol. The molecule has 0 bridgehead atoms. The van der Waals surface area contributed by atoms with Gasteiger partial charge in [0, 0.05) is 17.9 Å². The van der Waals surface area contributed by atoms with Crippen molar-refractivity contribution in [2.45, 2.75) is 45.6 Å². The third-order valence-electron chi connectivity index (χ3n) is 5.33. The highest BCUT2D eigenvalue weighted by atomic mass is 16.6. The topological polar surface area (TPSA) is 46.5 Å². The van der Waals surface area contributed by atoms with Gasteiger partial charge in [-0.05, 0) is 43.1 Å². The van der Waals surface area contributed by atoms with E-state index in [0.717, 1.165) is 31.3 Å². The molecule has 1 N–H and O–H groups in total. The van der Waals surface area contributed by atoms with E-state index in [1.807, 2.05) is 6.92 Å². The van der Waals surface area contributed by atoms with Crippen molar-refractivity contribution in [3.63, 3.8) is 0 Å². The Morgan fingerprint density at radius 3 is 2.94 bits per heavy atom. The Hall–Kier alpha value is -1.25. The number of hydrogen-bond donors (Lipinski definition) is 1. The van der Waals surface area contributed by atoms with Crippen molar-refractivity contribution in [2.24, 2.45) is 17.3 Å². The van der Waals surface area contributed by atoms with Crippen LogP contribution in [0.25, 0.3) is 0 Å². The van der Waals surface area contributed by atoms with Gasteiger partial charge in [0.25, 0.3) is 0 Å². The van der Waals surface area contributed by atoms with E-state index in [1.54, 1.807) is 0 Å². The van der Waals surface area contributed by atoms with Gasteiger partial charge in [-0.2, -0.15) is 0 Å². The molecule has 1 aliphatic heterocycles. The number of rotatable bonds is 0. The molecule has 1 saturated carbocycles. The molecule has 0 unspecified atom stereocenters. The molecule has 1 saturated heterocycles. The van der Waals surface area contributed by atoms with E-state index < -0.39 is 0 Å². The minimum atomic E-state index is -0.224. The predicted octanol–water partition coefficient (Wildman–Crippen LogP) is 3.13. The highest BCUT2D eigenvalue weighted by Crippen LogP contribution is 2.56. The average molecular weight is 248 g/mol. The molecule has 2 aliphatic carbocycles. The maximum absolute atomic E-state index is 11.6. The number of carbonyl (C=O) groups is 1. The zero-order chi connectivity index (χ0) is 13.1. The lowest BCUT2D eigenvalue weighted by atomic mass is 9.56. The van der Waals surface area contributed by atoms with E-state index >= 15 is 0 Å². The third kappa shape index (κ3) is 1.46. The third-order valence-corrected chi connectivity index (χ3v) is 5.33. The molecule has 2 fully saturated rings. The van der Waals surface area contributed by atoms with Crippen LogP contribution in [0.2, 0.25) is 0 Å². The molecule has 98 valence electrons. The second kappa shape index (κ2) is 3.62. The second-order valence-corrected chi connectivity index (χ2v) is 6.35. The summed E-state index contributed by atoms with van der Waals surface area (Å²) in [7, 11) is 0. The summed E-state index contributed by atoms with van der Waals surface area (Å²) < 4.78 is 5.44. The Morgan fingerprint density at radius 1 is 1.50 bits per heavy atom. The summed E-state index contributed by atoms with van der Waals surface area (Å²) in [5.74, 6) is 0.833. The molecule has 3 nitrogen and oxygen atoms in total. The van der Waals surface area contributed by atoms with E-state index in [-0.39, 0.29) is 23.4 Å². The summed E-state index contributed by atoms with van der Waals surface area (Å²) in [6.07, 6.45) is 3.54. The number of aliphatic hydroxyl groups is 1.